The third-order valence-corrected chi connectivity index (χ3v) is 3.97. The molecule has 1 saturated carbocycles. The lowest BCUT2D eigenvalue weighted by atomic mass is 9.69. The Bertz CT molecular complexity index is 377. The molecule has 6 nitrogen and oxygen atoms in total. The number of methoxy groups -OCH3 is 1. The Kier molecular flexibility index (Phi) is 5.55. The maximum atomic E-state index is 11.5. The highest BCUT2D eigenvalue weighted by atomic mass is 32.2. The molecule has 0 saturated heterocycles. The molecule has 1 aliphatic rings. The molecule has 0 radical (unpaired) electrons. The number of ether oxygens (including phenoxy) is 1. The number of amides is 1. The Morgan fingerprint density at radius 3 is 2.50 bits per heavy atom. The Morgan fingerprint density at radius 2 is 2.06 bits per heavy atom. The quantitative estimate of drug-likeness (QED) is 0.647. The fourth-order valence-corrected chi connectivity index (χ4v) is 2.55. The van der Waals surface area contributed by atoms with Crippen molar-refractivity contribution in [1.29, 1.82) is 0 Å². The van der Waals surface area contributed by atoms with Crippen molar-refractivity contribution in [1.82, 2.24) is 10.0 Å². The molecule has 0 atom stereocenters. The first-order chi connectivity index (χ1) is 8.37. The van der Waals surface area contributed by atoms with Gasteiger partial charge in [-0.1, -0.05) is 6.42 Å². The summed E-state index contributed by atoms with van der Waals surface area (Å²) in [6, 6.07) is 0. The number of sulfonamides is 1. The molecule has 0 aromatic carbocycles. The van der Waals surface area contributed by atoms with Gasteiger partial charge in [-0.2, -0.15) is 0 Å². The van der Waals surface area contributed by atoms with E-state index >= 15 is 0 Å². The van der Waals surface area contributed by atoms with Gasteiger partial charge in [0.05, 0.1) is 12.9 Å². The van der Waals surface area contributed by atoms with E-state index in [2.05, 4.69) is 10.0 Å². The van der Waals surface area contributed by atoms with Crippen molar-refractivity contribution in [2.24, 2.45) is 5.41 Å². The SMILES string of the molecule is COCC1(CNC(=O)CCNS(C)(=O)=O)CCC1. The summed E-state index contributed by atoms with van der Waals surface area (Å²) in [6.45, 7) is 1.41. The molecule has 0 aliphatic heterocycles. The predicted octanol–water partition coefficient (Wildman–Crippen LogP) is -0.141. The second-order valence-electron chi connectivity index (χ2n) is 4.98. The van der Waals surface area contributed by atoms with E-state index in [1.165, 1.54) is 6.42 Å². The molecule has 1 rings (SSSR count). The minimum Gasteiger partial charge on any atom is -0.384 e. The number of hydrogen-bond donors (Lipinski definition) is 2. The third kappa shape index (κ3) is 5.32. The van der Waals surface area contributed by atoms with Gasteiger partial charge in [0.1, 0.15) is 0 Å². The monoisotopic (exact) mass is 278 g/mol. The first kappa shape index (κ1) is 15.4. The van der Waals surface area contributed by atoms with Crippen molar-refractivity contribution in [2.45, 2.75) is 25.7 Å². The van der Waals surface area contributed by atoms with Crippen LogP contribution in [-0.4, -0.2) is 47.4 Å². The molecule has 0 spiro atoms. The van der Waals surface area contributed by atoms with Crippen LogP contribution in [0.1, 0.15) is 25.7 Å². The Hall–Kier alpha value is -0.660. The molecule has 0 aromatic rings. The van der Waals surface area contributed by atoms with Gasteiger partial charge in [-0.25, -0.2) is 13.1 Å². The third-order valence-electron chi connectivity index (χ3n) is 3.24. The maximum absolute atomic E-state index is 11.5. The molecule has 1 amide bonds. The van der Waals surface area contributed by atoms with Crippen molar-refractivity contribution in [3.05, 3.63) is 0 Å². The highest BCUT2D eigenvalue weighted by Gasteiger charge is 2.37. The second-order valence-corrected chi connectivity index (χ2v) is 6.81. The average molecular weight is 278 g/mol. The van der Waals surface area contributed by atoms with Crippen molar-refractivity contribution < 1.29 is 17.9 Å². The molecule has 0 unspecified atom stereocenters. The van der Waals surface area contributed by atoms with E-state index in [0.29, 0.717) is 13.2 Å². The van der Waals surface area contributed by atoms with Gasteiger partial charge in [0, 0.05) is 32.0 Å². The average Bonchev–Trinajstić information content (AvgIpc) is 2.20. The van der Waals surface area contributed by atoms with Crippen LogP contribution in [0.4, 0.5) is 0 Å². The lowest BCUT2D eigenvalue weighted by Gasteiger charge is -2.41. The number of nitrogens with one attached hydrogen (secondary N) is 2. The van der Waals surface area contributed by atoms with Crippen molar-refractivity contribution in [3.8, 4) is 0 Å². The Labute approximate surface area is 109 Å². The van der Waals surface area contributed by atoms with Gasteiger partial charge in [-0.15, -0.1) is 0 Å². The molecule has 7 heteroatoms. The summed E-state index contributed by atoms with van der Waals surface area (Å²) in [5, 5.41) is 2.84. The van der Waals surface area contributed by atoms with Crippen LogP contribution in [0.2, 0.25) is 0 Å². The molecular weight excluding hydrogens is 256 g/mol. The van der Waals surface area contributed by atoms with Crippen LogP contribution < -0.4 is 10.0 Å². The van der Waals surface area contributed by atoms with E-state index in [1.54, 1.807) is 7.11 Å². The maximum Gasteiger partial charge on any atom is 0.221 e. The summed E-state index contributed by atoms with van der Waals surface area (Å²) in [4.78, 5) is 11.5. The lowest BCUT2D eigenvalue weighted by Crippen LogP contribution is -2.45. The van der Waals surface area contributed by atoms with Crippen LogP contribution in [0.25, 0.3) is 0 Å². The molecule has 0 heterocycles. The topological polar surface area (TPSA) is 84.5 Å². The number of carbonyl (C=O) groups is 1. The smallest absolute Gasteiger partial charge is 0.221 e. The van der Waals surface area contributed by atoms with E-state index in [1.807, 2.05) is 0 Å². The summed E-state index contributed by atoms with van der Waals surface area (Å²) in [6.07, 6.45) is 4.56. The number of rotatable bonds is 8. The van der Waals surface area contributed by atoms with Gasteiger partial charge in [-0.05, 0) is 12.8 Å². The van der Waals surface area contributed by atoms with Crippen molar-refractivity contribution >= 4 is 15.9 Å². The summed E-state index contributed by atoms with van der Waals surface area (Å²) in [5.74, 6) is -0.131. The summed E-state index contributed by atoms with van der Waals surface area (Å²) < 4.78 is 29.1. The zero-order valence-corrected chi connectivity index (χ0v) is 11.8. The summed E-state index contributed by atoms with van der Waals surface area (Å²) in [7, 11) is -1.55. The molecule has 2 N–H and O–H groups in total. The number of hydrogen-bond acceptors (Lipinski definition) is 4. The zero-order chi connectivity index (χ0) is 13.6. The molecule has 1 fully saturated rings. The second kappa shape index (κ2) is 6.49. The van der Waals surface area contributed by atoms with Gasteiger partial charge < -0.3 is 10.1 Å². The van der Waals surface area contributed by atoms with E-state index in [0.717, 1.165) is 19.1 Å². The zero-order valence-electron chi connectivity index (χ0n) is 11.0. The van der Waals surface area contributed by atoms with Crippen LogP contribution in [0.5, 0.6) is 0 Å². The normalized spacial score (nSPS) is 18.1. The predicted molar refractivity (Wildman–Crippen MR) is 68.6 cm³/mol. The van der Waals surface area contributed by atoms with E-state index in [-0.39, 0.29) is 24.3 Å². The standard InChI is InChI=1S/C11H22N2O4S/c1-17-9-11(5-3-6-11)8-12-10(14)4-7-13-18(2,15)16/h13H,3-9H2,1-2H3,(H,12,14). The molecule has 1 aliphatic carbocycles. The fourth-order valence-electron chi connectivity index (χ4n) is 2.08. The van der Waals surface area contributed by atoms with Crippen molar-refractivity contribution in [3.63, 3.8) is 0 Å². The van der Waals surface area contributed by atoms with Crippen LogP contribution in [0, 0.1) is 5.41 Å². The van der Waals surface area contributed by atoms with Crippen LogP contribution in [0.15, 0.2) is 0 Å². The minimum absolute atomic E-state index is 0.0919. The highest BCUT2D eigenvalue weighted by Crippen LogP contribution is 2.40. The number of carbonyl (C=O) groups excluding carboxylic acids is 1. The van der Waals surface area contributed by atoms with Gasteiger partial charge in [0.2, 0.25) is 15.9 Å². The van der Waals surface area contributed by atoms with Crippen LogP contribution in [-0.2, 0) is 19.6 Å². The largest absolute Gasteiger partial charge is 0.384 e. The summed E-state index contributed by atoms with van der Waals surface area (Å²) in [5.41, 5.74) is 0.0919. The molecule has 106 valence electrons. The molecular formula is C11H22N2O4S. The fraction of sp³-hybridized carbons (Fsp3) is 0.909. The minimum atomic E-state index is -3.22. The van der Waals surface area contributed by atoms with Gasteiger partial charge in [-0.3, -0.25) is 4.79 Å². The van der Waals surface area contributed by atoms with Gasteiger partial charge >= 0.3 is 0 Å². The Morgan fingerprint density at radius 1 is 1.39 bits per heavy atom. The van der Waals surface area contributed by atoms with Gasteiger partial charge in [0.25, 0.3) is 0 Å². The van der Waals surface area contributed by atoms with Crippen LogP contribution in [0.3, 0.4) is 0 Å². The molecule has 0 bridgehead atoms. The first-order valence-electron chi connectivity index (χ1n) is 6.07. The van der Waals surface area contributed by atoms with E-state index in [9.17, 15) is 13.2 Å². The highest BCUT2D eigenvalue weighted by molar-refractivity contribution is 7.88. The first-order valence-corrected chi connectivity index (χ1v) is 7.96. The van der Waals surface area contributed by atoms with Crippen molar-refractivity contribution in [2.75, 3.05) is 33.1 Å². The van der Waals surface area contributed by atoms with Gasteiger partial charge in [0.15, 0.2) is 0 Å². The van der Waals surface area contributed by atoms with Crippen LogP contribution >= 0.6 is 0 Å². The van der Waals surface area contributed by atoms with E-state index in [4.69, 9.17) is 4.74 Å². The lowest BCUT2D eigenvalue weighted by molar-refractivity contribution is -0.122. The molecule has 0 aromatic heterocycles. The molecule has 18 heavy (non-hydrogen) atoms. The van der Waals surface area contributed by atoms with E-state index < -0.39 is 10.0 Å². The Balaban J connectivity index is 2.20. The summed E-state index contributed by atoms with van der Waals surface area (Å²) >= 11 is 0.